The second kappa shape index (κ2) is 10.6. The highest BCUT2D eigenvalue weighted by Gasteiger charge is 2.28. The highest BCUT2D eigenvalue weighted by molar-refractivity contribution is 6.20. The highest BCUT2D eigenvalue weighted by Crippen LogP contribution is 2.27. The van der Waals surface area contributed by atoms with E-state index < -0.39 is 29.8 Å². The quantitative estimate of drug-likeness (QED) is 0.422. The molecule has 2 aliphatic rings. The third kappa shape index (κ3) is 5.19. The van der Waals surface area contributed by atoms with Gasteiger partial charge in [0.05, 0.1) is 24.6 Å². The molecule has 3 aromatic carbocycles. The first-order valence-corrected chi connectivity index (χ1v) is 11.7. The second-order valence-electron chi connectivity index (χ2n) is 8.36. The van der Waals surface area contributed by atoms with Gasteiger partial charge in [0, 0.05) is 41.4 Å². The van der Waals surface area contributed by atoms with Gasteiger partial charge in [0.15, 0.2) is 0 Å². The van der Waals surface area contributed by atoms with Gasteiger partial charge in [0.2, 0.25) is 6.17 Å². The number of ether oxygens (including phenoxy) is 2. The molecule has 0 radical (unpaired) electrons. The number of hydrogen-bond acceptors (Lipinski definition) is 6. The van der Waals surface area contributed by atoms with E-state index in [4.69, 9.17) is 15.2 Å². The molecule has 0 unspecified atom stereocenters. The van der Waals surface area contributed by atoms with E-state index in [1.54, 1.807) is 36.4 Å². The second-order valence-corrected chi connectivity index (χ2v) is 8.36. The number of rotatable bonds is 4. The number of nitrogens with two attached hydrogens (primary N) is 1. The standard InChI is InChI=1S/C27H24FN6O3/c28-20-11-6-10-19-22(17-7-2-1-3-8-17)31-25(26(35)32-23(19)20)33-27(30)37-24(29)18-9-4-5-12-21(18)34-13-15-36-16-14-34/h1-12,25H,13-16H2,(H2,30,33)(H,32,35)/q-1/t25-/m1/s1. The van der Waals surface area contributed by atoms with Crippen molar-refractivity contribution in [3.05, 3.63) is 101 Å². The zero-order valence-electron chi connectivity index (χ0n) is 19.8. The van der Waals surface area contributed by atoms with Crippen molar-refractivity contribution in [2.24, 2.45) is 15.7 Å². The van der Waals surface area contributed by atoms with E-state index in [-0.39, 0.29) is 5.69 Å². The van der Waals surface area contributed by atoms with Crippen molar-refractivity contribution in [1.29, 1.82) is 0 Å². The summed E-state index contributed by atoms with van der Waals surface area (Å²) in [5, 5.41) is 13.3. The minimum Gasteiger partial charge on any atom is -0.770 e. The average molecular weight is 500 g/mol. The van der Waals surface area contributed by atoms with E-state index in [9.17, 15) is 14.6 Å². The topological polar surface area (TPSA) is 124 Å². The normalized spacial score (nSPS) is 17.8. The van der Waals surface area contributed by atoms with Crippen LogP contribution >= 0.6 is 0 Å². The zero-order valence-corrected chi connectivity index (χ0v) is 19.8. The van der Waals surface area contributed by atoms with Gasteiger partial charge in [0.1, 0.15) is 5.82 Å². The number of para-hydroxylation sites is 2. The molecule has 1 saturated heterocycles. The van der Waals surface area contributed by atoms with Crippen molar-refractivity contribution in [1.82, 2.24) is 0 Å². The van der Waals surface area contributed by atoms with Crippen LogP contribution in [-0.4, -0.2) is 56.0 Å². The van der Waals surface area contributed by atoms with Crippen molar-refractivity contribution in [2.45, 2.75) is 6.17 Å². The lowest BCUT2D eigenvalue weighted by Gasteiger charge is -2.31. The van der Waals surface area contributed by atoms with Gasteiger partial charge in [-0.15, -0.1) is 0 Å². The van der Waals surface area contributed by atoms with Gasteiger partial charge >= 0.3 is 0 Å². The molecule has 1 amide bonds. The van der Waals surface area contributed by atoms with E-state index in [0.29, 0.717) is 48.7 Å². The maximum Gasteiger partial charge on any atom is 0.288 e. The van der Waals surface area contributed by atoms with Crippen LogP contribution in [0.4, 0.5) is 15.8 Å². The lowest BCUT2D eigenvalue weighted by Crippen LogP contribution is -2.37. The molecule has 1 fully saturated rings. The van der Waals surface area contributed by atoms with Gasteiger partial charge in [0.25, 0.3) is 11.9 Å². The largest absolute Gasteiger partial charge is 0.770 e. The first-order chi connectivity index (χ1) is 18.0. The lowest BCUT2D eigenvalue weighted by atomic mass is 10.0. The van der Waals surface area contributed by atoms with E-state index in [0.717, 1.165) is 5.69 Å². The number of benzene rings is 3. The van der Waals surface area contributed by atoms with Gasteiger partial charge in [-0.3, -0.25) is 4.79 Å². The fraction of sp³-hybridized carbons (Fsp3) is 0.185. The summed E-state index contributed by atoms with van der Waals surface area (Å²) in [6.45, 7) is 2.45. The van der Waals surface area contributed by atoms with E-state index >= 15 is 0 Å². The molecule has 0 spiro atoms. The summed E-state index contributed by atoms with van der Waals surface area (Å²) >= 11 is 0. The minimum atomic E-state index is -1.38. The Bertz CT molecular complexity index is 1390. The average Bonchev–Trinajstić information content (AvgIpc) is 3.06. The van der Waals surface area contributed by atoms with Crippen LogP contribution in [0.2, 0.25) is 0 Å². The lowest BCUT2D eigenvalue weighted by molar-refractivity contribution is -0.117. The number of halogens is 1. The first kappa shape index (κ1) is 24.1. The minimum absolute atomic E-state index is 0.00106. The fourth-order valence-corrected chi connectivity index (χ4v) is 4.24. The van der Waals surface area contributed by atoms with Crippen LogP contribution in [0.25, 0.3) is 5.41 Å². The van der Waals surface area contributed by atoms with E-state index in [1.807, 2.05) is 30.3 Å². The summed E-state index contributed by atoms with van der Waals surface area (Å²) in [5.41, 5.74) is 8.59. The fourth-order valence-electron chi connectivity index (χ4n) is 4.24. The Hall–Kier alpha value is -4.57. The molecule has 5 rings (SSSR count). The molecule has 9 nitrogen and oxygen atoms in total. The molecule has 37 heavy (non-hydrogen) atoms. The number of amides is 1. The van der Waals surface area contributed by atoms with Crippen molar-refractivity contribution in [3.63, 3.8) is 0 Å². The summed E-state index contributed by atoms with van der Waals surface area (Å²) in [6, 6.07) is 20.2. The van der Waals surface area contributed by atoms with Crippen LogP contribution in [0.3, 0.4) is 0 Å². The molecule has 188 valence electrons. The number of anilines is 2. The predicted octanol–water partition coefficient (Wildman–Crippen LogP) is 3.13. The Labute approximate surface area is 212 Å². The SMILES string of the molecule is [N-]=C(O/C(N)=N/[C@H]1N=C(c2ccccc2)c2cccc(F)c2NC1=O)c1ccccc1N1CCOCC1. The van der Waals surface area contributed by atoms with E-state index in [1.165, 1.54) is 6.07 Å². The summed E-state index contributed by atoms with van der Waals surface area (Å²) in [6.07, 6.45) is -1.38. The van der Waals surface area contributed by atoms with Crippen molar-refractivity contribution >= 4 is 34.9 Å². The molecule has 2 aliphatic heterocycles. The van der Waals surface area contributed by atoms with Crippen LogP contribution in [0.15, 0.2) is 82.8 Å². The Morgan fingerprint density at radius 1 is 1.08 bits per heavy atom. The summed E-state index contributed by atoms with van der Waals surface area (Å²) in [7, 11) is 0. The van der Waals surface area contributed by atoms with Gasteiger partial charge in [-0.05, 0) is 12.1 Å². The Morgan fingerprint density at radius 2 is 1.81 bits per heavy atom. The molecular weight excluding hydrogens is 475 g/mol. The zero-order chi connectivity index (χ0) is 25.8. The molecule has 10 heteroatoms. The van der Waals surface area contributed by atoms with Gasteiger partial charge in [-0.25, -0.2) is 9.38 Å². The van der Waals surface area contributed by atoms with Crippen LogP contribution in [0, 0.1) is 5.82 Å². The maximum absolute atomic E-state index is 14.7. The molecular formula is C27H24FN6O3-. The van der Waals surface area contributed by atoms with Gasteiger partial charge < -0.3 is 30.8 Å². The monoisotopic (exact) mass is 499 g/mol. The number of morpholine rings is 1. The van der Waals surface area contributed by atoms with Gasteiger partial charge in [-0.2, -0.15) is 4.99 Å². The Balaban J connectivity index is 1.44. The first-order valence-electron chi connectivity index (χ1n) is 11.7. The van der Waals surface area contributed by atoms with E-state index in [2.05, 4.69) is 20.2 Å². The van der Waals surface area contributed by atoms with Crippen molar-refractivity contribution in [3.8, 4) is 0 Å². The molecule has 0 aliphatic carbocycles. The summed E-state index contributed by atoms with van der Waals surface area (Å²) in [5.74, 6) is -1.77. The summed E-state index contributed by atoms with van der Waals surface area (Å²) in [4.78, 5) is 23.6. The third-order valence-electron chi connectivity index (χ3n) is 5.99. The Morgan fingerprint density at radius 3 is 2.59 bits per heavy atom. The molecule has 2 heterocycles. The smallest absolute Gasteiger partial charge is 0.288 e. The Kier molecular flexibility index (Phi) is 6.91. The molecule has 1 atom stereocenters. The molecule has 3 N–H and O–H groups in total. The number of nitrogens with one attached hydrogen (secondary N) is 1. The predicted molar refractivity (Wildman–Crippen MR) is 141 cm³/mol. The van der Waals surface area contributed by atoms with Crippen molar-refractivity contribution in [2.75, 3.05) is 36.5 Å². The van der Waals surface area contributed by atoms with Crippen LogP contribution in [-0.2, 0) is 14.3 Å². The van der Waals surface area contributed by atoms with Crippen LogP contribution in [0.5, 0.6) is 0 Å². The molecule has 3 aromatic rings. The molecule has 0 bridgehead atoms. The molecule has 0 aromatic heterocycles. The molecule has 0 saturated carbocycles. The van der Waals surface area contributed by atoms with Crippen LogP contribution in [0.1, 0.15) is 16.7 Å². The number of benzodiazepines with no additional fused rings is 1. The number of amidine groups is 1. The number of carbonyl (C=O) groups is 1. The summed E-state index contributed by atoms with van der Waals surface area (Å²) < 4.78 is 25.5. The third-order valence-corrected chi connectivity index (χ3v) is 5.99. The van der Waals surface area contributed by atoms with Crippen LogP contribution < -0.4 is 16.0 Å². The van der Waals surface area contributed by atoms with Gasteiger partial charge in [-0.1, -0.05) is 60.7 Å². The number of aliphatic imine (C=N–C) groups is 2. The maximum atomic E-state index is 14.7. The number of carbonyl (C=O) groups excluding carboxylic acids is 1. The number of nitrogens with zero attached hydrogens (tertiary/aromatic N) is 4. The highest BCUT2D eigenvalue weighted by atomic mass is 19.1. The van der Waals surface area contributed by atoms with Crippen molar-refractivity contribution < 1.29 is 18.7 Å². The number of hydrogen-bond donors (Lipinski definition) is 2. The number of fused-ring (bicyclic) bond motifs is 1.